The summed E-state index contributed by atoms with van der Waals surface area (Å²) in [4.78, 5) is 17.6. The summed E-state index contributed by atoms with van der Waals surface area (Å²) >= 11 is 1.28. The van der Waals surface area contributed by atoms with Crippen LogP contribution in [0.15, 0.2) is 52.7 Å². The minimum atomic E-state index is -3.82. The van der Waals surface area contributed by atoms with Crippen molar-refractivity contribution in [2.75, 3.05) is 25.8 Å². The number of sulfonamides is 1. The zero-order chi connectivity index (χ0) is 23.0. The van der Waals surface area contributed by atoms with Crippen LogP contribution in [0.25, 0.3) is 11.3 Å². The van der Waals surface area contributed by atoms with Crippen LogP contribution in [-0.2, 0) is 14.8 Å². The van der Waals surface area contributed by atoms with E-state index in [0.717, 1.165) is 5.56 Å². The van der Waals surface area contributed by atoms with Crippen molar-refractivity contribution in [3.63, 3.8) is 0 Å². The number of carbonyl (C=O) groups is 1. The highest BCUT2D eigenvalue weighted by molar-refractivity contribution is 7.89. The quantitative estimate of drug-likeness (QED) is 0.568. The molecule has 0 spiro atoms. The molecule has 1 fully saturated rings. The maximum atomic E-state index is 13.2. The number of rotatable bonds is 6. The van der Waals surface area contributed by atoms with E-state index in [1.54, 1.807) is 12.1 Å². The second-order valence-corrected chi connectivity index (χ2v) is 10.3. The summed E-state index contributed by atoms with van der Waals surface area (Å²) in [6, 6.07) is 10.9. The normalized spacial score (nSPS) is 17.8. The number of hydrogen-bond donors (Lipinski definition) is 1. The fraction of sp³-hybridized carbons (Fsp3) is 0.273. The first-order valence-electron chi connectivity index (χ1n) is 10.3. The Hall–Kier alpha value is -3.15. The molecule has 2 aliphatic rings. The van der Waals surface area contributed by atoms with E-state index < -0.39 is 22.0 Å². The van der Waals surface area contributed by atoms with E-state index in [9.17, 15) is 13.2 Å². The molecule has 0 aliphatic carbocycles. The number of anilines is 1. The first kappa shape index (κ1) is 21.7. The van der Waals surface area contributed by atoms with Gasteiger partial charge < -0.3 is 19.5 Å². The van der Waals surface area contributed by atoms with E-state index in [1.807, 2.05) is 23.6 Å². The Kier molecular flexibility index (Phi) is 5.69. The van der Waals surface area contributed by atoms with Crippen molar-refractivity contribution in [2.24, 2.45) is 0 Å². The summed E-state index contributed by atoms with van der Waals surface area (Å²) in [5.74, 6) is 1.50. The zero-order valence-electron chi connectivity index (χ0n) is 17.7. The molecule has 11 heteroatoms. The van der Waals surface area contributed by atoms with E-state index >= 15 is 0 Å². The van der Waals surface area contributed by atoms with Crippen molar-refractivity contribution in [3.8, 4) is 28.5 Å². The fourth-order valence-electron chi connectivity index (χ4n) is 3.88. The lowest BCUT2D eigenvalue weighted by Crippen LogP contribution is -2.43. The van der Waals surface area contributed by atoms with Crippen molar-refractivity contribution >= 4 is 32.4 Å². The molecule has 1 aromatic heterocycles. The van der Waals surface area contributed by atoms with Gasteiger partial charge in [0.2, 0.25) is 22.7 Å². The monoisotopic (exact) mass is 487 g/mol. The van der Waals surface area contributed by atoms with Crippen molar-refractivity contribution in [1.82, 2.24) is 9.29 Å². The number of aromatic nitrogens is 1. The van der Waals surface area contributed by atoms with E-state index in [0.29, 0.717) is 40.9 Å². The van der Waals surface area contributed by atoms with Crippen LogP contribution < -0.4 is 19.5 Å². The lowest BCUT2D eigenvalue weighted by Gasteiger charge is -2.23. The molecular weight excluding hydrogens is 466 g/mol. The van der Waals surface area contributed by atoms with Gasteiger partial charge >= 0.3 is 0 Å². The maximum Gasteiger partial charge on any atom is 0.244 e. The fourth-order valence-corrected chi connectivity index (χ4v) is 6.26. The lowest BCUT2D eigenvalue weighted by atomic mass is 10.1. The van der Waals surface area contributed by atoms with Crippen LogP contribution in [-0.4, -0.2) is 50.1 Å². The number of nitrogens with zero attached hydrogens (tertiary/aromatic N) is 2. The summed E-state index contributed by atoms with van der Waals surface area (Å²) in [6.45, 7) is 0.473. The molecule has 9 nitrogen and oxygen atoms in total. The minimum Gasteiger partial charge on any atom is -0.497 e. The number of carbonyl (C=O) groups excluding carboxylic acids is 1. The molecule has 5 rings (SSSR count). The van der Waals surface area contributed by atoms with E-state index in [1.165, 1.54) is 34.9 Å². The minimum absolute atomic E-state index is 0.127. The predicted molar refractivity (Wildman–Crippen MR) is 122 cm³/mol. The summed E-state index contributed by atoms with van der Waals surface area (Å²) in [5, 5.41) is 5.02. The molecular formula is C22H21N3O6S2. The number of fused-ring (bicyclic) bond motifs is 1. The molecule has 0 bridgehead atoms. The topological polar surface area (TPSA) is 107 Å². The van der Waals surface area contributed by atoms with Crippen LogP contribution in [0.2, 0.25) is 0 Å². The molecule has 3 heterocycles. The van der Waals surface area contributed by atoms with Gasteiger partial charge in [-0.05, 0) is 55.3 Å². The third kappa shape index (κ3) is 4.14. The number of hydrogen-bond acceptors (Lipinski definition) is 8. The van der Waals surface area contributed by atoms with Gasteiger partial charge in [0.05, 0.1) is 17.7 Å². The largest absolute Gasteiger partial charge is 0.497 e. The molecule has 0 saturated carbocycles. The van der Waals surface area contributed by atoms with Crippen LogP contribution in [0.3, 0.4) is 0 Å². The Morgan fingerprint density at radius 1 is 1.18 bits per heavy atom. The van der Waals surface area contributed by atoms with Gasteiger partial charge in [-0.3, -0.25) is 4.79 Å². The Bertz CT molecular complexity index is 1290. The zero-order valence-corrected chi connectivity index (χ0v) is 19.3. The number of thiazole rings is 1. The van der Waals surface area contributed by atoms with Gasteiger partial charge in [-0.15, -0.1) is 11.3 Å². The first-order chi connectivity index (χ1) is 16.0. The summed E-state index contributed by atoms with van der Waals surface area (Å²) in [6.07, 6.45) is 1.05. The average molecular weight is 488 g/mol. The predicted octanol–water partition coefficient (Wildman–Crippen LogP) is 3.34. The highest BCUT2D eigenvalue weighted by Gasteiger charge is 2.39. The molecule has 0 radical (unpaired) electrons. The highest BCUT2D eigenvalue weighted by atomic mass is 32.2. The second-order valence-electron chi connectivity index (χ2n) is 7.54. The van der Waals surface area contributed by atoms with Crippen molar-refractivity contribution in [1.29, 1.82) is 0 Å². The van der Waals surface area contributed by atoms with Gasteiger partial charge in [0.25, 0.3) is 0 Å². The lowest BCUT2D eigenvalue weighted by molar-refractivity contribution is -0.119. The number of nitrogens with one attached hydrogen (secondary N) is 1. The number of ether oxygens (including phenoxy) is 3. The number of amides is 1. The molecule has 1 saturated heterocycles. The molecule has 2 aliphatic heterocycles. The maximum absolute atomic E-state index is 13.2. The molecule has 1 atom stereocenters. The Morgan fingerprint density at radius 3 is 2.76 bits per heavy atom. The van der Waals surface area contributed by atoms with Crippen LogP contribution in [0.4, 0.5) is 5.13 Å². The summed E-state index contributed by atoms with van der Waals surface area (Å²) in [5.41, 5.74) is 1.52. The molecule has 1 amide bonds. The van der Waals surface area contributed by atoms with Crippen molar-refractivity contribution in [3.05, 3.63) is 47.8 Å². The Morgan fingerprint density at radius 2 is 1.97 bits per heavy atom. The number of methoxy groups -OCH3 is 1. The molecule has 1 N–H and O–H groups in total. The average Bonchev–Trinajstić information content (AvgIpc) is 3.59. The summed E-state index contributed by atoms with van der Waals surface area (Å²) < 4.78 is 43.4. The van der Waals surface area contributed by atoms with Gasteiger partial charge in [-0.1, -0.05) is 0 Å². The van der Waals surface area contributed by atoms with Crippen LogP contribution in [0.5, 0.6) is 17.2 Å². The van der Waals surface area contributed by atoms with Crippen LogP contribution >= 0.6 is 11.3 Å². The Balaban J connectivity index is 1.31. The van der Waals surface area contributed by atoms with E-state index in [4.69, 9.17) is 14.2 Å². The van der Waals surface area contributed by atoms with Gasteiger partial charge in [-0.25, -0.2) is 13.4 Å². The smallest absolute Gasteiger partial charge is 0.244 e. The molecule has 3 aromatic rings. The number of benzene rings is 2. The van der Waals surface area contributed by atoms with Gasteiger partial charge in [0.15, 0.2) is 16.6 Å². The molecule has 0 unspecified atom stereocenters. The van der Waals surface area contributed by atoms with Crippen LogP contribution in [0, 0.1) is 0 Å². The van der Waals surface area contributed by atoms with Gasteiger partial charge in [-0.2, -0.15) is 4.31 Å². The SMILES string of the molecule is COc1ccc(S(=O)(=O)N2CCC[C@@H]2C(=O)Nc2nc(-c3ccc4c(c3)OCO4)cs2)cc1. The van der Waals surface area contributed by atoms with Crippen molar-refractivity contribution < 1.29 is 27.4 Å². The van der Waals surface area contributed by atoms with Gasteiger partial charge in [0.1, 0.15) is 11.8 Å². The summed E-state index contributed by atoms with van der Waals surface area (Å²) in [7, 11) is -2.30. The standard InChI is InChI=1S/C22H21N3O6S2/c1-29-15-5-7-16(8-6-15)33(27,28)25-10-2-3-18(25)21(26)24-22-23-17(12-32-22)14-4-9-19-20(11-14)31-13-30-19/h4-9,11-12,18H,2-3,10,13H2,1H3,(H,23,24,26)/t18-/m1/s1. The van der Waals surface area contributed by atoms with Crippen molar-refractivity contribution in [2.45, 2.75) is 23.8 Å². The molecule has 33 heavy (non-hydrogen) atoms. The van der Waals surface area contributed by atoms with E-state index in [-0.39, 0.29) is 18.2 Å². The van der Waals surface area contributed by atoms with Gasteiger partial charge in [0, 0.05) is 17.5 Å². The highest BCUT2D eigenvalue weighted by Crippen LogP contribution is 2.37. The molecule has 2 aromatic carbocycles. The first-order valence-corrected chi connectivity index (χ1v) is 12.6. The second kappa shape index (κ2) is 8.65. The van der Waals surface area contributed by atoms with Crippen LogP contribution in [0.1, 0.15) is 12.8 Å². The third-order valence-corrected chi connectivity index (χ3v) is 8.26. The van der Waals surface area contributed by atoms with E-state index in [2.05, 4.69) is 10.3 Å². The third-order valence-electron chi connectivity index (χ3n) is 5.58. The Labute approximate surface area is 195 Å². The molecule has 172 valence electrons.